The number of carbonyl (C=O) groups is 1. The van der Waals surface area contributed by atoms with Crippen molar-refractivity contribution in [1.29, 1.82) is 0 Å². The van der Waals surface area contributed by atoms with Gasteiger partial charge in [-0.15, -0.1) is 0 Å². The van der Waals surface area contributed by atoms with Crippen LogP contribution in [-0.4, -0.2) is 72.9 Å². The first kappa shape index (κ1) is 22.5. The third-order valence-corrected chi connectivity index (χ3v) is 9.98. The number of nitrogens with zero attached hydrogens (tertiary/aromatic N) is 2. The molecule has 5 nitrogen and oxygen atoms in total. The van der Waals surface area contributed by atoms with Crippen LogP contribution >= 0.6 is 0 Å². The van der Waals surface area contributed by atoms with Gasteiger partial charge in [0.1, 0.15) is 17.7 Å². The smallest absolute Gasteiger partial charge is 0.260 e. The summed E-state index contributed by atoms with van der Waals surface area (Å²) >= 11 is 0. The van der Waals surface area contributed by atoms with Gasteiger partial charge in [-0.25, -0.2) is 8.78 Å². The van der Waals surface area contributed by atoms with Crippen LogP contribution in [-0.2, 0) is 9.53 Å². The lowest BCUT2D eigenvalue weighted by Gasteiger charge is -2.52. The van der Waals surface area contributed by atoms with Crippen molar-refractivity contribution < 1.29 is 23.0 Å². The van der Waals surface area contributed by atoms with Crippen LogP contribution in [0, 0.1) is 16.6 Å². The molecule has 7 rings (SSSR count). The molecule has 1 aromatic carbocycles. The summed E-state index contributed by atoms with van der Waals surface area (Å²) in [5.41, 5.74) is 0.0569. The largest absolute Gasteiger partial charge is 0.490 e. The summed E-state index contributed by atoms with van der Waals surface area (Å²) in [4.78, 5) is 16.7. The lowest BCUT2D eigenvalue weighted by Crippen LogP contribution is -2.60. The molecule has 6 fully saturated rings. The highest BCUT2D eigenvalue weighted by atomic mass is 19.1. The average molecular weight is 487 g/mol. The molecular formula is C28H36F2N2O3. The minimum atomic E-state index is -1.54. The van der Waals surface area contributed by atoms with Gasteiger partial charge in [-0.2, -0.15) is 0 Å². The van der Waals surface area contributed by atoms with Crippen LogP contribution in [0.1, 0.15) is 69.3 Å². The zero-order valence-electron chi connectivity index (χ0n) is 20.4. The van der Waals surface area contributed by atoms with Crippen molar-refractivity contribution in [3.63, 3.8) is 0 Å². The molecule has 35 heavy (non-hydrogen) atoms. The first-order valence-electron chi connectivity index (χ1n) is 13.6. The summed E-state index contributed by atoms with van der Waals surface area (Å²) in [5.74, 6) is 0.740. The summed E-state index contributed by atoms with van der Waals surface area (Å²) in [6.45, 7) is 5.22. The SMILES string of the molecule is O=C(N1CC2(CCC(N3CCC(c4cc(F)ccc4OC4CC5(COC5)C4)CC3)C2)C1)C1(F)CC1. The minimum Gasteiger partial charge on any atom is -0.490 e. The number of ether oxygens (including phenoxy) is 2. The number of amides is 1. The molecule has 3 saturated heterocycles. The predicted molar refractivity (Wildman–Crippen MR) is 127 cm³/mol. The van der Waals surface area contributed by atoms with Crippen molar-refractivity contribution in [2.45, 2.75) is 81.5 Å². The molecule has 3 saturated carbocycles. The van der Waals surface area contributed by atoms with Crippen molar-refractivity contribution >= 4 is 5.91 Å². The van der Waals surface area contributed by atoms with Gasteiger partial charge in [-0.05, 0) is 95.0 Å². The number of piperidine rings is 1. The number of halogens is 2. The molecule has 1 unspecified atom stereocenters. The van der Waals surface area contributed by atoms with E-state index in [1.54, 1.807) is 11.0 Å². The van der Waals surface area contributed by atoms with Crippen molar-refractivity contribution in [1.82, 2.24) is 9.80 Å². The van der Waals surface area contributed by atoms with Gasteiger partial charge in [0, 0.05) is 35.5 Å². The molecule has 0 bridgehead atoms. The Morgan fingerprint density at radius 2 is 1.74 bits per heavy atom. The molecule has 0 radical (unpaired) electrons. The van der Waals surface area contributed by atoms with E-state index >= 15 is 0 Å². The summed E-state index contributed by atoms with van der Waals surface area (Å²) in [7, 11) is 0. The monoisotopic (exact) mass is 486 g/mol. The van der Waals surface area contributed by atoms with Crippen LogP contribution in [0.15, 0.2) is 18.2 Å². The maximum atomic E-state index is 14.2. The van der Waals surface area contributed by atoms with E-state index in [0.717, 1.165) is 95.7 Å². The lowest BCUT2D eigenvalue weighted by molar-refractivity contribution is -0.191. The van der Waals surface area contributed by atoms with Crippen LogP contribution in [0.25, 0.3) is 0 Å². The first-order chi connectivity index (χ1) is 16.8. The van der Waals surface area contributed by atoms with Gasteiger partial charge in [0.25, 0.3) is 5.91 Å². The van der Waals surface area contributed by atoms with E-state index in [1.165, 1.54) is 6.07 Å². The molecule has 3 heterocycles. The number of carbonyl (C=O) groups excluding carboxylic acids is 1. The summed E-state index contributed by atoms with van der Waals surface area (Å²) in [6.07, 6.45) is 8.55. The fourth-order valence-electron chi connectivity index (χ4n) is 7.61. The average Bonchev–Trinajstić information content (AvgIpc) is 3.37. The van der Waals surface area contributed by atoms with Crippen molar-refractivity contribution in [3.8, 4) is 5.75 Å². The molecule has 1 aromatic rings. The lowest BCUT2D eigenvalue weighted by atomic mass is 9.65. The molecule has 0 N–H and O–H groups in total. The van der Waals surface area contributed by atoms with Gasteiger partial charge < -0.3 is 19.3 Å². The van der Waals surface area contributed by atoms with Crippen LogP contribution in [0.3, 0.4) is 0 Å². The minimum absolute atomic E-state index is 0.185. The molecule has 3 aliphatic carbocycles. The van der Waals surface area contributed by atoms with Crippen molar-refractivity contribution in [3.05, 3.63) is 29.6 Å². The number of hydrogen-bond donors (Lipinski definition) is 0. The van der Waals surface area contributed by atoms with E-state index < -0.39 is 5.67 Å². The third kappa shape index (κ3) is 3.88. The summed E-state index contributed by atoms with van der Waals surface area (Å²) < 4.78 is 40.1. The fourth-order valence-corrected chi connectivity index (χ4v) is 7.61. The number of alkyl halides is 1. The van der Waals surface area contributed by atoms with E-state index in [1.807, 2.05) is 6.07 Å². The topological polar surface area (TPSA) is 42.0 Å². The van der Waals surface area contributed by atoms with Crippen LogP contribution in [0.5, 0.6) is 5.75 Å². The van der Waals surface area contributed by atoms with Gasteiger partial charge in [0.2, 0.25) is 0 Å². The molecule has 0 aromatic heterocycles. The summed E-state index contributed by atoms with van der Waals surface area (Å²) in [5, 5.41) is 0. The van der Waals surface area contributed by atoms with Crippen LogP contribution < -0.4 is 4.74 Å². The Kier molecular flexibility index (Phi) is 5.06. The molecule has 190 valence electrons. The van der Waals surface area contributed by atoms with E-state index in [0.29, 0.717) is 30.2 Å². The Balaban J connectivity index is 0.936. The maximum Gasteiger partial charge on any atom is 0.260 e. The molecule has 3 aliphatic heterocycles. The van der Waals surface area contributed by atoms with E-state index in [9.17, 15) is 13.6 Å². The van der Waals surface area contributed by atoms with Crippen molar-refractivity contribution in [2.24, 2.45) is 10.8 Å². The number of likely N-dealkylation sites (tertiary alicyclic amines) is 2. The standard InChI is InChI=1S/C28H36F2N2O3/c29-20-1-2-24(35-22-13-27(14-22)17-34-18-27)23(11-20)19-4-9-31(10-5-19)21-3-6-26(12-21)15-32(16-26)25(33)28(30)7-8-28/h1-2,11,19,21-22H,3-10,12-18H2. The van der Waals surface area contributed by atoms with Gasteiger partial charge in [0.05, 0.1) is 13.2 Å². The molecule has 2 spiro atoms. The quantitative estimate of drug-likeness (QED) is 0.617. The van der Waals surface area contributed by atoms with Crippen LogP contribution in [0.4, 0.5) is 8.78 Å². The van der Waals surface area contributed by atoms with Gasteiger partial charge in [-0.3, -0.25) is 4.79 Å². The second-order valence-corrected chi connectivity index (χ2v) is 12.7. The van der Waals surface area contributed by atoms with Crippen LogP contribution in [0.2, 0.25) is 0 Å². The second kappa shape index (κ2) is 7.88. The number of hydrogen-bond acceptors (Lipinski definition) is 4. The highest BCUT2D eigenvalue weighted by molar-refractivity contribution is 5.88. The molecule has 7 heteroatoms. The predicted octanol–water partition coefficient (Wildman–Crippen LogP) is 4.45. The zero-order valence-corrected chi connectivity index (χ0v) is 20.4. The molecule has 1 amide bonds. The Morgan fingerprint density at radius 3 is 2.40 bits per heavy atom. The van der Waals surface area contributed by atoms with E-state index in [4.69, 9.17) is 9.47 Å². The Labute approximate surface area is 206 Å². The Bertz CT molecular complexity index is 1000. The zero-order chi connectivity index (χ0) is 23.8. The number of rotatable bonds is 5. The highest BCUT2D eigenvalue weighted by Gasteiger charge is 2.58. The third-order valence-electron chi connectivity index (χ3n) is 9.98. The van der Waals surface area contributed by atoms with Gasteiger partial charge in [-0.1, -0.05) is 0 Å². The first-order valence-corrected chi connectivity index (χ1v) is 13.6. The van der Waals surface area contributed by atoms with E-state index in [-0.39, 0.29) is 23.2 Å². The van der Waals surface area contributed by atoms with E-state index in [2.05, 4.69) is 4.90 Å². The molecule has 1 atom stereocenters. The fraction of sp³-hybridized carbons (Fsp3) is 0.750. The Morgan fingerprint density at radius 1 is 1.00 bits per heavy atom. The molecular weight excluding hydrogens is 450 g/mol. The summed E-state index contributed by atoms with van der Waals surface area (Å²) in [6, 6.07) is 5.59. The van der Waals surface area contributed by atoms with Crippen molar-refractivity contribution in [2.75, 3.05) is 39.4 Å². The van der Waals surface area contributed by atoms with Gasteiger partial charge >= 0.3 is 0 Å². The maximum absolute atomic E-state index is 14.2. The van der Waals surface area contributed by atoms with Gasteiger partial charge in [0.15, 0.2) is 5.67 Å². The second-order valence-electron chi connectivity index (χ2n) is 12.7. The number of benzene rings is 1. The normalized spacial score (nSPS) is 31.1. The Hall–Kier alpha value is -1.73. The molecule has 6 aliphatic rings. The highest BCUT2D eigenvalue weighted by Crippen LogP contribution is 2.52.